The quantitative estimate of drug-likeness (QED) is 0.514. The highest BCUT2D eigenvalue weighted by atomic mass is 35.5. The highest BCUT2D eigenvalue weighted by Crippen LogP contribution is 2.31. The molecule has 0 bridgehead atoms. The van der Waals surface area contributed by atoms with E-state index in [0.29, 0.717) is 32.9 Å². The van der Waals surface area contributed by atoms with E-state index in [0.717, 1.165) is 0 Å². The van der Waals surface area contributed by atoms with Crippen molar-refractivity contribution in [1.82, 2.24) is 15.6 Å². The van der Waals surface area contributed by atoms with Crippen molar-refractivity contribution in [2.75, 3.05) is 26.5 Å². The number of aromatic nitrogens is 1. The van der Waals surface area contributed by atoms with E-state index in [9.17, 15) is 14.4 Å². The largest absolute Gasteiger partial charge is 0.495 e. The third-order valence-electron chi connectivity index (χ3n) is 4.37. The molecule has 0 fully saturated rings. The maximum atomic E-state index is 12.9. The fourth-order valence-electron chi connectivity index (χ4n) is 2.92. The number of nitrogens with one attached hydrogen (secondary N) is 4. The van der Waals surface area contributed by atoms with Gasteiger partial charge in [-0.1, -0.05) is 11.6 Å². The van der Waals surface area contributed by atoms with Gasteiger partial charge in [-0.3, -0.25) is 14.4 Å². The molecule has 2 aromatic carbocycles. The van der Waals surface area contributed by atoms with Crippen LogP contribution in [0.15, 0.2) is 36.5 Å². The van der Waals surface area contributed by atoms with Crippen LogP contribution in [0.4, 0.5) is 5.69 Å². The van der Waals surface area contributed by atoms with Crippen LogP contribution in [0.25, 0.3) is 10.9 Å². The number of aromatic amines is 1. The summed E-state index contributed by atoms with van der Waals surface area (Å²) >= 11 is 6.12. The summed E-state index contributed by atoms with van der Waals surface area (Å²) in [5.41, 5.74) is 1.84. The summed E-state index contributed by atoms with van der Waals surface area (Å²) in [6.07, 6.45) is 1.55. The molecular formula is C20H19ClN4O4. The molecule has 8 nitrogen and oxygen atoms in total. The molecule has 0 spiro atoms. The van der Waals surface area contributed by atoms with E-state index >= 15 is 0 Å². The van der Waals surface area contributed by atoms with E-state index in [-0.39, 0.29) is 22.9 Å². The first-order valence-corrected chi connectivity index (χ1v) is 9.01. The normalized spacial score (nSPS) is 10.5. The van der Waals surface area contributed by atoms with Crippen LogP contribution in [0.5, 0.6) is 5.75 Å². The zero-order valence-electron chi connectivity index (χ0n) is 16.0. The summed E-state index contributed by atoms with van der Waals surface area (Å²) in [5, 5.41) is 8.78. The number of benzene rings is 2. The maximum Gasteiger partial charge on any atom is 0.257 e. The van der Waals surface area contributed by atoms with Crippen LogP contribution in [-0.4, -0.2) is 43.9 Å². The van der Waals surface area contributed by atoms with E-state index in [1.54, 1.807) is 18.3 Å². The molecule has 0 aliphatic carbocycles. The molecule has 3 amide bonds. The highest BCUT2D eigenvalue weighted by molar-refractivity contribution is 6.33. The fourth-order valence-corrected chi connectivity index (χ4v) is 3.16. The Morgan fingerprint density at radius 3 is 2.10 bits per heavy atom. The van der Waals surface area contributed by atoms with Crippen molar-refractivity contribution in [2.45, 2.75) is 0 Å². The van der Waals surface area contributed by atoms with Crippen LogP contribution in [0.2, 0.25) is 5.02 Å². The number of ether oxygens (including phenoxy) is 1. The molecule has 3 rings (SSSR count). The van der Waals surface area contributed by atoms with Crippen molar-refractivity contribution in [3.8, 4) is 5.75 Å². The first-order chi connectivity index (χ1) is 13.9. The molecule has 0 radical (unpaired) electrons. The minimum absolute atomic E-state index is 0.247. The standard InChI is InChI=1S/C20H19ClN4O4/c1-22-18(26)10-4-11(19(27)23-2)6-12(5-10)25-20(28)14-9-24-16-8-15(21)17(29-3)7-13(14)16/h4-9,24H,1-3H3,(H,22,26)(H,23,27)(H,25,28). The van der Waals surface area contributed by atoms with Crippen molar-refractivity contribution in [3.63, 3.8) is 0 Å². The second kappa shape index (κ2) is 8.24. The number of methoxy groups -OCH3 is 1. The second-order valence-electron chi connectivity index (χ2n) is 6.15. The van der Waals surface area contributed by atoms with Crippen LogP contribution in [0.3, 0.4) is 0 Å². The Balaban J connectivity index is 1.99. The molecule has 3 aromatic rings. The van der Waals surface area contributed by atoms with Crippen molar-refractivity contribution in [2.24, 2.45) is 0 Å². The molecule has 0 unspecified atom stereocenters. The van der Waals surface area contributed by atoms with Crippen LogP contribution in [0.1, 0.15) is 31.1 Å². The number of fused-ring (bicyclic) bond motifs is 1. The average Bonchev–Trinajstić information content (AvgIpc) is 3.14. The summed E-state index contributed by atoms with van der Waals surface area (Å²) in [7, 11) is 4.46. The Hall–Kier alpha value is -3.52. The van der Waals surface area contributed by atoms with Gasteiger partial charge in [0.25, 0.3) is 17.7 Å². The number of H-pyrrole nitrogens is 1. The lowest BCUT2D eigenvalue weighted by molar-refractivity contribution is 0.0960. The number of halogens is 1. The van der Waals surface area contributed by atoms with Gasteiger partial charge in [-0.25, -0.2) is 0 Å². The summed E-state index contributed by atoms with van der Waals surface area (Å²) in [6.45, 7) is 0. The molecule has 0 aliphatic rings. The number of carbonyl (C=O) groups excluding carboxylic acids is 3. The van der Waals surface area contributed by atoms with E-state index in [1.165, 1.54) is 39.4 Å². The molecule has 0 atom stereocenters. The molecule has 29 heavy (non-hydrogen) atoms. The topological polar surface area (TPSA) is 112 Å². The monoisotopic (exact) mass is 414 g/mol. The van der Waals surface area contributed by atoms with Gasteiger partial charge < -0.3 is 25.7 Å². The van der Waals surface area contributed by atoms with Crippen molar-refractivity contribution >= 4 is 45.9 Å². The number of rotatable bonds is 5. The third kappa shape index (κ3) is 4.02. The predicted molar refractivity (Wildman–Crippen MR) is 111 cm³/mol. The number of hydrogen-bond donors (Lipinski definition) is 4. The Bertz CT molecular complexity index is 1090. The summed E-state index contributed by atoms with van der Waals surface area (Å²) < 4.78 is 5.22. The molecule has 0 saturated heterocycles. The fraction of sp³-hybridized carbons (Fsp3) is 0.150. The number of hydrogen-bond acceptors (Lipinski definition) is 4. The molecule has 0 saturated carbocycles. The van der Waals surface area contributed by atoms with Gasteiger partial charge >= 0.3 is 0 Å². The molecule has 0 aliphatic heterocycles. The van der Waals surface area contributed by atoms with E-state index in [1.807, 2.05) is 0 Å². The van der Waals surface area contributed by atoms with Gasteiger partial charge in [0.05, 0.1) is 17.7 Å². The van der Waals surface area contributed by atoms with Gasteiger partial charge in [0, 0.05) is 48.0 Å². The van der Waals surface area contributed by atoms with Crippen LogP contribution in [0, 0.1) is 0 Å². The number of amides is 3. The molecule has 4 N–H and O–H groups in total. The third-order valence-corrected chi connectivity index (χ3v) is 4.66. The zero-order chi connectivity index (χ0) is 21.1. The minimum atomic E-state index is -0.419. The van der Waals surface area contributed by atoms with Crippen LogP contribution < -0.4 is 20.7 Å². The summed E-state index contributed by atoms with van der Waals surface area (Å²) in [5.74, 6) is -0.732. The lowest BCUT2D eigenvalue weighted by atomic mass is 10.1. The molecule has 9 heteroatoms. The smallest absolute Gasteiger partial charge is 0.257 e. The SMILES string of the molecule is CNC(=O)c1cc(NC(=O)c2c[nH]c3cc(Cl)c(OC)cc23)cc(C(=O)NC)c1. The first-order valence-electron chi connectivity index (χ1n) is 8.63. The van der Waals surface area contributed by atoms with Crippen molar-refractivity contribution in [1.29, 1.82) is 0 Å². The van der Waals surface area contributed by atoms with Gasteiger partial charge in [0.2, 0.25) is 0 Å². The van der Waals surface area contributed by atoms with Gasteiger partial charge in [-0.2, -0.15) is 0 Å². The number of carbonyl (C=O) groups is 3. The Kier molecular flexibility index (Phi) is 5.74. The summed E-state index contributed by atoms with van der Waals surface area (Å²) in [4.78, 5) is 39.9. The van der Waals surface area contributed by atoms with E-state index < -0.39 is 5.91 Å². The molecule has 1 aromatic heterocycles. The molecular weight excluding hydrogens is 396 g/mol. The van der Waals surface area contributed by atoms with Gasteiger partial charge in [-0.15, -0.1) is 0 Å². The first kappa shape index (κ1) is 20.2. The highest BCUT2D eigenvalue weighted by Gasteiger charge is 2.17. The second-order valence-corrected chi connectivity index (χ2v) is 6.55. The van der Waals surface area contributed by atoms with Gasteiger partial charge in [0.15, 0.2) is 0 Å². The summed E-state index contributed by atoms with van der Waals surface area (Å²) in [6, 6.07) is 7.78. The lowest BCUT2D eigenvalue weighted by Crippen LogP contribution is -2.22. The van der Waals surface area contributed by atoms with Crippen LogP contribution >= 0.6 is 11.6 Å². The molecule has 150 valence electrons. The van der Waals surface area contributed by atoms with E-state index in [2.05, 4.69) is 20.9 Å². The Morgan fingerprint density at radius 1 is 0.931 bits per heavy atom. The maximum absolute atomic E-state index is 12.9. The molecule has 1 heterocycles. The van der Waals surface area contributed by atoms with Crippen molar-refractivity contribution in [3.05, 3.63) is 58.2 Å². The zero-order valence-corrected chi connectivity index (χ0v) is 16.7. The predicted octanol–water partition coefficient (Wildman–Crippen LogP) is 2.80. The Morgan fingerprint density at radius 2 is 1.55 bits per heavy atom. The van der Waals surface area contributed by atoms with E-state index in [4.69, 9.17) is 16.3 Å². The van der Waals surface area contributed by atoms with Crippen molar-refractivity contribution < 1.29 is 19.1 Å². The van der Waals surface area contributed by atoms with Crippen LogP contribution in [-0.2, 0) is 0 Å². The average molecular weight is 415 g/mol. The number of anilines is 1. The Labute approximate surface area is 171 Å². The van der Waals surface area contributed by atoms with Gasteiger partial charge in [0.1, 0.15) is 5.75 Å². The lowest BCUT2D eigenvalue weighted by Gasteiger charge is -2.10. The van der Waals surface area contributed by atoms with Gasteiger partial charge in [-0.05, 0) is 30.3 Å². The minimum Gasteiger partial charge on any atom is -0.495 e.